The first kappa shape index (κ1) is 37.6. The molecule has 1 atom stereocenters. The number of pyridine rings is 1. The predicted octanol–water partition coefficient (Wildman–Crippen LogP) is 6.15. The van der Waals surface area contributed by atoms with Crippen LogP contribution in [0.5, 0.6) is 0 Å². The van der Waals surface area contributed by atoms with Crippen molar-refractivity contribution in [1.29, 1.82) is 0 Å². The second-order valence-electron chi connectivity index (χ2n) is 14.3. The Morgan fingerprint density at radius 1 is 0.865 bits per heavy atom. The Labute approximate surface area is 310 Å². The molecule has 6 rings (SSSR count). The largest absolute Gasteiger partial charge is 0.379 e. The van der Waals surface area contributed by atoms with E-state index in [1.54, 1.807) is 16.5 Å². The van der Waals surface area contributed by atoms with Crippen LogP contribution < -0.4 is 10.2 Å². The molecule has 2 amide bonds. The maximum absolute atomic E-state index is 13.9. The summed E-state index contributed by atoms with van der Waals surface area (Å²) in [6, 6.07) is 18.7. The number of ether oxygens (including phenoxy) is 3. The van der Waals surface area contributed by atoms with Crippen LogP contribution in [0, 0.1) is 5.41 Å². The van der Waals surface area contributed by atoms with Gasteiger partial charge in [-0.05, 0) is 46.7 Å². The van der Waals surface area contributed by atoms with Crippen molar-refractivity contribution >= 4 is 34.1 Å². The van der Waals surface area contributed by atoms with Gasteiger partial charge in [0.15, 0.2) is 5.13 Å². The number of hydrogen-bond acceptors (Lipinski definition) is 10. The fourth-order valence-corrected chi connectivity index (χ4v) is 6.87. The molecule has 0 aliphatic carbocycles. The van der Waals surface area contributed by atoms with Crippen LogP contribution in [0.25, 0.3) is 11.1 Å². The quantitative estimate of drug-likeness (QED) is 0.128. The van der Waals surface area contributed by atoms with Gasteiger partial charge in [-0.3, -0.25) is 19.8 Å². The topological polar surface area (TPSA) is 109 Å². The number of nitrogens with zero attached hydrogens (tertiary/aromatic N) is 5. The third-order valence-corrected chi connectivity index (χ3v) is 10.0. The van der Waals surface area contributed by atoms with Gasteiger partial charge in [-0.2, -0.15) is 0 Å². The van der Waals surface area contributed by atoms with Crippen molar-refractivity contribution in [3.05, 3.63) is 95.1 Å². The van der Waals surface area contributed by atoms with Crippen LogP contribution in [0.4, 0.5) is 10.9 Å². The van der Waals surface area contributed by atoms with Gasteiger partial charge in [0.2, 0.25) is 0 Å². The van der Waals surface area contributed by atoms with Crippen molar-refractivity contribution in [2.75, 3.05) is 82.6 Å². The second kappa shape index (κ2) is 18.0. The summed E-state index contributed by atoms with van der Waals surface area (Å²) in [5, 5.41) is 5.19. The maximum Gasteiger partial charge on any atom is 0.255 e. The number of thiazole rings is 1. The number of rotatable bonds is 17. The minimum Gasteiger partial charge on any atom is -0.379 e. The summed E-state index contributed by atoms with van der Waals surface area (Å²) in [5.41, 5.74) is 4.39. The van der Waals surface area contributed by atoms with Crippen molar-refractivity contribution in [3.63, 3.8) is 0 Å². The maximum atomic E-state index is 13.9. The Bertz CT molecular complexity index is 1720. The van der Waals surface area contributed by atoms with Crippen molar-refractivity contribution in [2.24, 2.45) is 5.41 Å². The Morgan fingerprint density at radius 2 is 1.58 bits per heavy atom. The van der Waals surface area contributed by atoms with Gasteiger partial charge in [-0.25, -0.2) is 9.97 Å². The van der Waals surface area contributed by atoms with Gasteiger partial charge in [0, 0.05) is 74.8 Å². The molecule has 1 unspecified atom stereocenters. The van der Waals surface area contributed by atoms with Gasteiger partial charge < -0.3 is 24.0 Å². The van der Waals surface area contributed by atoms with Crippen LogP contribution in [-0.2, 0) is 25.5 Å². The molecule has 2 aliphatic rings. The van der Waals surface area contributed by atoms with Crippen LogP contribution in [-0.4, -0.2) is 104 Å². The van der Waals surface area contributed by atoms with Crippen LogP contribution in [0.15, 0.2) is 78.4 Å². The first-order valence-electron chi connectivity index (χ1n) is 18.1. The van der Waals surface area contributed by atoms with E-state index in [4.69, 9.17) is 19.2 Å². The summed E-state index contributed by atoms with van der Waals surface area (Å²) in [6.07, 6.45) is 4.57. The first-order chi connectivity index (χ1) is 25.2. The predicted molar refractivity (Wildman–Crippen MR) is 205 cm³/mol. The molecule has 12 heteroatoms. The molecule has 0 saturated carbocycles. The van der Waals surface area contributed by atoms with Crippen molar-refractivity contribution in [3.8, 4) is 11.1 Å². The molecule has 2 aromatic carbocycles. The lowest BCUT2D eigenvalue weighted by Crippen LogP contribution is -2.47. The highest BCUT2D eigenvalue weighted by Gasteiger charge is 2.38. The molecule has 0 spiro atoms. The van der Waals surface area contributed by atoms with E-state index >= 15 is 0 Å². The highest BCUT2D eigenvalue weighted by Crippen LogP contribution is 2.35. The number of carbonyl (C=O) groups is 2. The minimum atomic E-state index is -0.791. The van der Waals surface area contributed by atoms with Crippen molar-refractivity contribution in [1.82, 2.24) is 19.8 Å². The van der Waals surface area contributed by atoms with E-state index in [-0.39, 0.29) is 11.8 Å². The normalized spacial score (nSPS) is 15.6. The molecule has 2 aliphatic heterocycles. The Hall–Kier alpha value is -4.20. The number of aromatic nitrogens is 2. The van der Waals surface area contributed by atoms with Gasteiger partial charge in [-0.15, -0.1) is 11.3 Å². The van der Waals surface area contributed by atoms with Gasteiger partial charge in [0.05, 0.1) is 33.0 Å². The van der Waals surface area contributed by atoms with Crippen molar-refractivity contribution < 1.29 is 23.8 Å². The number of amides is 2. The number of piperazine rings is 1. The zero-order chi connectivity index (χ0) is 36.3. The number of anilines is 2. The van der Waals surface area contributed by atoms with Gasteiger partial charge in [0.1, 0.15) is 11.9 Å². The molecular weight excluding hydrogens is 677 g/mol. The lowest BCUT2D eigenvalue weighted by Gasteiger charge is -2.35. The van der Waals surface area contributed by atoms with E-state index in [1.165, 1.54) is 11.3 Å². The van der Waals surface area contributed by atoms with Gasteiger partial charge >= 0.3 is 0 Å². The van der Waals surface area contributed by atoms with E-state index in [2.05, 4.69) is 53.0 Å². The van der Waals surface area contributed by atoms with Crippen LogP contribution in [0.1, 0.15) is 54.7 Å². The van der Waals surface area contributed by atoms with E-state index in [0.29, 0.717) is 55.7 Å². The van der Waals surface area contributed by atoms with Crippen molar-refractivity contribution in [2.45, 2.75) is 39.8 Å². The van der Waals surface area contributed by atoms with E-state index < -0.39 is 6.04 Å². The monoisotopic (exact) mass is 726 g/mol. The summed E-state index contributed by atoms with van der Waals surface area (Å²) in [5.74, 6) is 0.481. The van der Waals surface area contributed by atoms with Crippen LogP contribution >= 0.6 is 11.3 Å². The zero-order valence-corrected chi connectivity index (χ0v) is 31.3. The molecule has 4 heterocycles. The molecule has 276 valence electrons. The molecular formula is C40H50N6O5S. The Balaban J connectivity index is 0.953. The number of nitrogens with one attached hydrogen (secondary N) is 1. The average molecular weight is 727 g/mol. The third kappa shape index (κ3) is 10.2. The molecule has 0 radical (unpaired) electrons. The van der Waals surface area contributed by atoms with Gasteiger partial charge in [-0.1, -0.05) is 63.2 Å². The zero-order valence-electron chi connectivity index (χ0n) is 30.5. The summed E-state index contributed by atoms with van der Waals surface area (Å²) in [4.78, 5) is 42.8. The summed E-state index contributed by atoms with van der Waals surface area (Å²) < 4.78 is 17.1. The minimum absolute atomic E-state index is 0.172. The second-order valence-corrected chi connectivity index (χ2v) is 15.2. The van der Waals surface area contributed by atoms with Crippen LogP contribution in [0.2, 0.25) is 0 Å². The standard InChI is InChI=1S/C40H50N6O5S/c1-40(2,3)13-20-49-22-24-51-25-23-50-21-19-44-15-17-45(18-16-44)35-12-11-32(28-42-35)31-9-10-33-29-46(38(48)34(33)27-31)36(30-7-5-4-6-8-30)37(47)43-39-41-14-26-52-39/h4-12,14,26-28,36H,13,15-25,29H2,1-3H3,(H,41,43,47). The highest BCUT2D eigenvalue weighted by molar-refractivity contribution is 7.13. The molecule has 1 saturated heterocycles. The molecule has 1 N–H and O–H groups in total. The number of fused-ring (bicyclic) bond motifs is 1. The van der Waals surface area contributed by atoms with E-state index in [1.807, 2.05) is 54.7 Å². The molecule has 4 aromatic rings. The lowest BCUT2D eigenvalue weighted by molar-refractivity contribution is -0.120. The summed E-state index contributed by atoms with van der Waals surface area (Å²) in [7, 11) is 0. The fourth-order valence-electron chi connectivity index (χ4n) is 6.34. The highest BCUT2D eigenvalue weighted by atomic mass is 32.1. The average Bonchev–Trinajstić information content (AvgIpc) is 3.78. The SMILES string of the molecule is CC(C)(C)CCOCCOCCOCCN1CCN(c2ccc(-c3ccc4c(c3)C(=O)N(C(C(=O)Nc3nccs3)c3ccccc3)C4)cn2)CC1. The first-order valence-corrected chi connectivity index (χ1v) is 19.0. The molecule has 11 nitrogen and oxygen atoms in total. The summed E-state index contributed by atoms with van der Waals surface area (Å²) in [6.45, 7) is 15.4. The fraction of sp³-hybridized carbons (Fsp3) is 0.450. The Kier molecular flexibility index (Phi) is 13.0. The Morgan fingerprint density at radius 3 is 2.25 bits per heavy atom. The van der Waals surface area contributed by atoms with E-state index in [0.717, 1.165) is 73.8 Å². The van der Waals surface area contributed by atoms with Crippen LogP contribution in [0.3, 0.4) is 0 Å². The van der Waals surface area contributed by atoms with Gasteiger partial charge in [0.25, 0.3) is 11.8 Å². The van der Waals surface area contributed by atoms with E-state index in [9.17, 15) is 9.59 Å². The summed E-state index contributed by atoms with van der Waals surface area (Å²) >= 11 is 1.34. The number of hydrogen-bond donors (Lipinski definition) is 1. The third-order valence-electron chi connectivity index (χ3n) is 9.35. The smallest absolute Gasteiger partial charge is 0.255 e. The molecule has 52 heavy (non-hydrogen) atoms. The molecule has 2 aromatic heterocycles. The number of benzene rings is 2. The lowest BCUT2D eigenvalue weighted by atomic mass is 9.93. The number of carbonyl (C=O) groups excluding carboxylic acids is 2. The molecule has 1 fully saturated rings. The molecule has 0 bridgehead atoms.